The first kappa shape index (κ1) is 23.1. The molecule has 2 saturated carbocycles. The Morgan fingerprint density at radius 1 is 1.19 bits per heavy atom. The van der Waals surface area contributed by atoms with Crippen LogP contribution in [0.5, 0.6) is 0 Å². The molecule has 186 valence electrons. The summed E-state index contributed by atoms with van der Waals surface area (Å²) in [6.07, 6.45) is 1.03. The third-order valence-corrected chi connectivity index (χ3v) is 9.06. The minimum atomic E-state index is -2.70. The molecule has 2 unspecified atom stereocenters. The predicted molar refractivity (Wildman–Crippen MR) is 129 cm³/mol. The third-order valence-electron chi connectivity index (χ3n) is 7.91. The van der Waals surface area contributed by atoms with E-state index in [1.165, 1.54) is 16.2 Å². The summed E-state index contributed by atoms with van der Waals surface area (Å²) in [5.41, 5.74) is 8.34. The number of alkyl halides is 2. The highest BCUT2D eigenvalue weighted by atomic mass is 32.1. The Labute approximate surface area is 209 Å². The lowest BCUT2D eigenvalue weighted by Gasteiger charge is -2.35. The van der Waals surface area contributed by atoms with Gasteiger partial charge in [0.2, 0.25) is 17.7 Å². The van der Waals surface area contributed by atoms with Gasteiger partial charge in [0.05, 0.1) is 39.9 Å². The number of thiophene rings is 1. The number of rotatable bonds is 5. The Kier molecular flexibility index (Phi) is 4.74. The molecule has 10 heteroatoms. The molecule has 0 bridgehead atoms. The molecule has 2 N–H and O–H groups in total. The number of carbonyl (C=O) groups is 3. The van der Waals surface area contributed by atoms with Crippen LogP contribution in [0.25, 0.3) is 21.5 Å². The molecule has 2 atom stereocenters. The summed E-state index contributed by atoms with van der Waals surface area (Å²) in [5.74, 6) is -4.52. The second kappa shape index (κ2) is 7.38. The number of halogens is 2. The number of amides is 3. The van der Waals surface area contributed by atoms with Crippen LogP contribution in [0, 0.1) is 24.2 Å². The molecular weight excluding hydrogens is 486 g/mol. The lowest BCUT2D eigenvalue weighted by molar-refractivity contribution is -0.143. The number of aromatic nitrogens is 2. The van der Waals surface area contributed by atoms with E-state index in [2.05, 4.69) is 9.97 Å². The van der Waals surface area contributed by atoms with Gasteiger partial charge >= 0.3 is 0 Å². The lowest BCUT2D eigenvalue weighted by atomic mass is 9.78. The molecule has 3 aromatic heterocycles. The molecule has 3 aromatic rings. The van der Waals surface area contributed by atoms with Crippen molar-refractivity contribution >= 4 is 39.3 Å². The lowest BCUT2D eigenvalue weighted by Crippen LogP contribution is -2.35. The number of piperidine rings is 1. The summed E-state index contributed by atoms with van der Waals surface area (Å²) < 4.78 is 27.8. The maximum absolute atomic E-state index is 13.5. The summed E-state index contributed by atoms with van der Waals surface area (Å²) in [6, 6.07) is 5.21. The normalized spacial score (nSPS) is 24.2. The van der Waals surface area contributed by atoms with Crippen LogP contribution in [-0.4, -0.2) is 38.5 Å². The SMILES string of the molecule is Cc1cc(C2CC(F)(F)C2)nc(-c2ccnc3cc(CN4C(=O)C5C(C4=O)C5(C)C)sc23)c1C(N)=O. The van der Waals surface area contributed by atoms with E-state index in [0.29, 0.717) is 28.0 Å². The van der Waals surface area contributed by atoms with Crippen LogP contribution in [0.4, 0.5) is 8.78 Å². The predicted octanol–water partition coefficient (Wildman–Crippen LogP) is 4.42. The Bertz CT molecular complexity index is 1470. The van der Waals surface area contributed by atoms with Crippen molar-refractivity contribution in [2.45, 2.75) is 52.0 Å². The molecule has 0 spiro atoms. The number of primary amides is 1. The molecule has 36 heavy (non-hydrogen) atoms. The number of hydrogen-bond donors (Lipinski definition) is 1. The van der Waals surface area contributed by atoms with Crippen LogP contribution < -0.4 is 5.73 Å². The quantitative estimate of drug-likeness (QED) is 0.512. The van der Waals surface area contributed by atoms with Crippen LogP contribution in [0.2, 0.25) is 0 Å². The van der Waals surface area contributed by atoms with Gasteiger partial charge in [0.25, 0.3) is 5.91 Å². The summed E-state index contributed by atoms with van der Waals surface area (Å²) in [6.45, 7) is 5.76. The zero-order chi connectivity index (χ0) is 25.7. The van der Waals surface area contributed by atoms with E-state index in [1.54, 1.807) is 25.3 Å². The summed E-state index contributed by atoms with van der Waals surface area (Å²) >= 11 is 1.36. The van der Waals surface area contributed by atoms with Crippen molar-refractivity contribution in [2.75, 3.05) is 0 Å². The molecule has 7 nitrogen and oxygen atoms in total. The average Bonchev–Trinajstić information content (AvgIpc) is 3.02. The van der Waals surface area contributed by atoms with E-state index in [1.807, 2.05) is 19.9 Å². The maximum Gasteiger partial charge on any atom is 0.251 e. The third kappa shape index (κ3) is 3.30. The fraction of sp³-hybridized carbons (Fsp3) is 0.423. The van der Waals surface area contributed by atoms with Crippen molar-refractivity contribution in [1.29, 1.82) is 0 Å². The first-order valence-electron chi connectivity index (χ1n) is 11.8. The fourth-order valence-corrected chi connectivity index (χ4v) is 6.97. The van der Waals surface area contributed by atoms with E-state index in [4.69, 9.17) is 5.73 Å². The van der Waals surface area contributed by atoms with Gasteiger partial charge in [0.15, 0.2) is 0 Å². The zero-order valence-corrected chi connectivity index (χ0v) is 20.8. The van der Waals surface area contributed by atoms with Gasteiger partial charge in [-0.05, 0) is 36.1 Å². The zero-order valence-electron chi connectivity index (χ0n) is 20.0. The minimum Gasteiger partial charge on any atom is -0.366 e. The van der Waals surface area contributed by atoms with Crippen molar-refractivity contribution in [3.8, 4) is 11.3 Å². The number of carbonyl (C=O) groups excluding carboxylic acids is 3. The van der Waals surface area contributed by atoms with Gasteiger partial charge in [0.1, 0.15) is 0 Å². The molecule has 4 heterocycles. The van der Waals surface area contributed by atoms with Crippen molar-refractivity contribution in [2.24, 2.45) is 23.0 Å². The van der Waals surface area contributed by atoms with Gasteiger partial charge in [0, 0.05) is 41.1 Å². The Hall–Kier alpha value is -3.27. The Morgan fingerprint density at radius 3 is 2.47 bits per heavy atom. The summed E-state index contributed by atoms with van der Waals surface area (Å²) in [7, 11) is 0. The molecule has 6 rings (SSSR count). The van der Waals surface area contributed by atoms with E-state index in [0.717, 1.165) is 9.58 Å². The number of hydrogen-bond acceptors (Lipinski definition) is 6. The van der Waals surface area contributed by atoms with Crippen LogP contribution in [0.15, 0.2) is 24.4 Å². The standard InChI is InChI=1S/C26H24F2N4O3S/c1-11-6-15(12-8-26(27,28)9-12)31-20(17(11)22(29)33)14-4-5-30-16-7-13(36-21(14)16)10-32-23(34)18-19(24(32)35)25(18,2)3/h4-7,12,18-19H,8-10H2,1-3H3,(H2,29,33). The molecule has 0 radical (unpaired) electrons. The first-order valence-corrected chi connectivity index (χ1v) is 12.6. The Balaban J connectivity index is 1.39. The van der Waals surface area contributed by atoms with Crippen molar-refractivity contribution in [1.82, 2.24) is 14.9 Å². The fourth-order valence-electron chi connectivity index (χ4n) is 5.85. The molecule has 1 saturated heterocycles. The highest BCUT2D eigenvalue weighted by Gasteiger charge is 2.72. The highest BCUT2D eigenvalue weighted by molar-refractivity contribution is 7.19. The van der Waals surface area contributed by atoms with E-state index < -0.39 is 17.7 Å². The number of imide groups is 1. The van der Waals surface area contributed by atoms with Gasteiger partial charge in [-0.3, -0.25) is 29.3 Å². The number of fused-ring (bicyclic) bond motifs is 2. The molecule has 3 fully saturated rings. The van der Waals surface area contributed by atoms with E-state index in [-0.39, 0.29) is 54.0 Å². The van der Waals surface area contributed by atoms with Gasteiger partial charge in [-0.2, -0.15) is 0 Å². The van der Waals surface area contributed by atoms with Crippen LogP contribution in [0.1, 0.15) is 59.1 Å². The largest absolute Gasteiger partial charge is 0.366 e. The molecule has 0 aromatic carbocycles. The molecule has 1 aliphatic heterocycles. The second-order valence-corrected chi connectivity index (χ2v) is 11.9. The van der Waals surface area contributed by atoms with Gasteiger partial charge < -0.3 is 5.73 Å². The van der Waals surface area contributed by atoms with Gasteiger partial charge in [-0.25, -0.2) is 8.78 Å². The van der Waals surface area contributed by atoms with Gasteiger partial charge in [-0.1, -0.05) is 13.8 Å². The van der Waals surface area contributed by atoms with Crippen molar-refractivity contribution in [3.05, 3.63) is 46.1 Å². The van der Waals surface area contributed by atoms with Gasteiger partial charge in [-0.15, -0.1) is 11.3 Å². The van der Waals surface area contributed by atoms with Crippen LogP contribution in [-0.2, 0) is 16.1 Å². The number of nitrogens with two attached hydrogens (primary N) is 1. The number of pyridine rings is 2. The summed E-state index contributed by atoms with van der Waals surface area (Å²) in [4.78, 5) is 49.2. The summed E-state index contributed by atoms with van der Waals surface area (Å²) in [5, 5.41) is 0. The smallest absolute Gasteiger partial charge is 0.251 e. The van der Waals surface area contributed by atoms with E-state index in [9.17, 15) is 23.2 Å². The molecule has 2 aliphatic carbocycles. The highest BCUT2D eigenvalue weighted by Crippen LogP contribution is 2.63. The van der Waals surface area contributed by atoms with Crippen LogP contribution >= 0.6 is 11.3 Å². The Morgan fingerprint density at radius 2 is 1.86 bits per heavy atom. The molecule has 3 amide bonds. The van der Waals surface area contributed by atoms with Crippen molar-refractivity contribution < 1.29 is 23.2 Å². The maximum atomic E-state index is 13.5. The number of aryl methyl sites for hydroxylation is 1. The monoisotopic (exact) mass is 510 g/mol. The van der Waals surface area contributed by atoms with Crippen molar-refractivity contribution in [3.63, 3.8) is 0 Å². The number of likely N-dealkylation sites (tertiary alicyclic amines) is 1. The van der Waals surface area contributed by atoms with E-state index >= 15 is 0 Å². The second-order valence-electron chi connectivity index (χ2n) is 10.7. The average molecular weight is 511 g/mol. The molecular formula is C26H24F2N4O3S. The number of nitrogens with zero attached hydrogens (tertiary/aromatic N) is 3. The topological polar surface area (TPSA) is 106 Å². The first-order chi connectivity index (χ1) is 16.9. The molecule has 3 aliphatic rings. The van der Waals surface area contributed by atoms with Crippen LogP contribution in [0.3, 0.4) is 0 Å². The minimum absolute atomic E-state index is 0.140.